The van der Waals surface area contributed by atoms with E-state index in [1.807, 2.05) is 30.3 Å². The van der Waals surface area contributed by atoms with Crippen LogP contribution in [0.3, 0.4) is 0 Å². The first-order valence-corrected chi connectivity index (χ1v) is 5.16. The number of carbonyl (C=O) groups excluding carboxylic acids is 2. The van der Waals surface area contributed by atoms with E-state index >= 15 is 0 Å². The molecule has 0 radical (unpaired) electrons. The molecule has 0 aliphatic carbocycles. The summed E-state index contributed by atoms with van der Waals surface area (Å²) >= 11 is 0. The molecule has 0 N–H and O–H groups in total. The number of rotatable bonds is 3. The Labute approximate surface area is 93.2 Å². The molecule has 1 aliphatic rings. The van der Waals surface area contributed by atoms with E-state index in [0.717, 1.165) is 5.56 Å². The Hall–Kier alpha value is -1.84. The van der Waals surface area contributed by atoms with Gasteiger partial charge in [-0.1, -0.05) is 30.3 Å². The quantitative estimate of drug-likeness (QED) is 0.715. The molecule has 0 spiro atoms. The second-order valence-electron chi connectivity index (χ2n) is 3.60. The normalized spacial score (nSPS) is 19.2. The molecule has 1 aliphatic heterocycles. The average molecular weight is 220 g/mol. The first-order chi connectivity index (χ1) is 7.75. The first kappa shape index (κ1) is 10.7. The fourth-order valence-electron chi connectivity index (χ4n) is 1.55. The van der Waals surface area contributed by atoms with Crippen LogP contribution in [0.1, 0.15) is 12.0 Å². The average Bonchev–Trinajstić information content (AvgIpc) is 2.66. The molecule has 1 saturated heterocycles. The molecule has 1 heterocycles. The number of carbonyl (C=O) groups is 2. The molecule has 2 rings (SSSR count). The van der Waals surface area contributed by atoms with Crippen molar-refractivity contribution in [2.75, 3.05) is 6.61 Å². The molecule has 0 aromatic heterocycles. The Bertz CT molecular complexity index is 385. The van der Waals surface area contributed by atoms with E-state index in [9.17, 15) is 9.59 Å². The first-order valence-electron chi connectivity index (χ1n) is 5.16. The molecule has 1 aromatic rings. The fraction of sp³-hybridized carbons (Fsp3) is 0.333. The third-order valence-corrected chi connectivity index (χ3v) is 2.35. The summed E-state index contributed by atoms with van der Waals surface area (Å²) in [5.41, 5.74) is 0.874. The maximum atomic E-state index is 11.5. The number of esters is 2. The summed E-state index contributed by atoms with van der Waals surface area (Å²) in [5.74, 6) is -0.837. The highest BCUT2D eigenvalue weighted by Gasteiger charge is 2.29. The van der Waals surface area contributed by atoms with Crippen LogP contribution in [-0.2, 0) is 25.5 Å². The van der Waals surface area contributed by atoms with Gasteiger partial charge in [0.25, 0.3) is 0 Å². The Morgan fingerprint density at radius 2 is 2.12 bits per heavy atom. The molecular formula is C12H12O4. The number of cyclic esters (lactones) is 1. The molecular weight excluding hydrogens is 208 g/mol. The van der Waals surface area contributed by atoms with Gasteiger partial charge in [0.2, 0.25) is 6.10 Å². The second kappa shape index (κ2) is 4.79. The maximum Gasteiger partial charge on any atom is 0.347 e. The zero-order valence-corrected chi connectivity index (χ0v) is 8.72. The molecule has 0 bridgehead atoms. The van der Waals surface area contributed by atoms with Crippen LogP contribution in [0, 0.1) is 0 Å². The topological polar surface area (TPSA) is 52.6 Å². The van der Waals surface area contributed by atoms with Gasteiger partial charge in [0.05, 0.1) is 13.0 Å². The van der Waals surface area contributed by atoms with Gasteiger partial charge in [-0.25, -0.2) is 4.79 Å². The van der Waals surface area contributed by atoms with Crippen LogP contribution >= 0.6 is 0 Å². The summed E-state index contributed by atoms with van der Waals surface area (Å²) in [6.07, 6.45) is -0.0690. The highest BCUT2D eigenvalue weighted by atomic mass is 16.6. The van der Waals surface area contributed by atoms with E-state index in [4.69, 9.17) is 9.47 Å². The largest absolute Gasteiger partial charge is 0.463 e. The number of hydrogen-bond acceptors (Lipinski definition) is 4. The van der Waals surface area contributed by atoms with Crippen molar-refractivity contribution in [3.8, 4) is 0 Å². The van der Waals surface area contributed by atoms with Crippen LogP contribution < -0.4 is 0 Å². The minimum absolute atomic E-state index is 0.185. The van der Waals surface area contributed by atoms with Crippen molar-refractivity contribution in [1.82, 2.24) is 0 Å². The molecule has 4 heteroatoms. The van der Waals surface area contributed by atoms with E-state index in [-0.39, 0.29) is 6.42 Å². The summed E-state index contributed by atoms with van der Waals surface area (Å²) in [4.78, 5) is 22.5. The summed E-state index contributed by atoms with van der Waals surface area (Å²) < 4.78 is 9.71. The molecule has 1 aromatic carbocycles. The van der Waals surface area contributed by atoms with E-state index in [2.05, 4.69) is 0 Å². The van der Waals surface area contributed by atoms with E-state index < -0.39 is 18.0 Å². The molecule has 84 valence electrons. The van der Waals surface area contributed by atoms with Gasteiger partial charge in [0, 0.05) is 6.42 Å². The summed E-state index contributed by atoms with van der Waals surface area (Å²) in [6, 6.07) is 9.27. The minimum atomic E-state index is -0.712. The van der Waals surface area contributed by atoms with Crippen LogP contribution in [0.5, 0.6) is 0 Å². The smallest absolute Gasteiger partial charge is 0.347 e. The molecule has 0 amide bonds. The Kier molecular flexibility index (Phi) is 3.19. The molecule has 1 fully saturated rings. The van der Waals surface area contributed by atoms with E-state index in [1.54, 1.807) is 0 Å². The van der Waals surface area contributed by atoms with Crippen molar-refractivity contribution < 1.29 is 19.1 Å². The van der Waals surface area contributed by atoms with Gasteiger partial charge in [0.1, 0.15) is 0 Å². The van der Waals surface area contributed by atoms with Crippen LogP contribution in [0.15, 0.2) is 30.3 Å². The lowest BCUT2D eigenvalue weighted by Crippen LogP contribution is -2.23. The van der Waals surface area contributed by atoms with Crippen molar-refractivity contribution in [1.29, 1.82) is 0 Å². The van der Waals surface area contributed by atoms with Crippen molar-refractivity contribution >= 4 is 11.9 Å². The monoisotopic (exact) mass is 220 g/mol. The molecule has 16 heavy (non-hydrogen) atoms. The van der Waals surface area contributed by atoms with Crippen molar-refractivity contribution in [3.05, 3.63) is 35.9 Å². The van der Waals surface area contributed by atoms with Crippen LogP contribution in [0.4, 0.5) is 0 Å². The van der Waals surface area contributed by atoms with E-state index in [1.165, 1.54) is 0 Å². The summed E-state index contributed by atoms with van der Waals surface area (Å²) in [6.45, 7) is 0.335. The van der Waals surface area contributed by atoms with Crippen molar-refractivity contribution in [2.24, 2.45) is 0 Å². The zero-order valence-electron chi connectivity index (χ0n) is 8.72. The molecule has 1 unspecified atom stereocenters. The van der Waals surface area contributed by atoms with Crippen LogP contribution in [0.25, 0.3) is 0 Å². The summed E-state index contributed by atoms with van der Waals surface area (Å²) in [7, 11) is 0. The third-order valence-electron chi connectivity index (χ3n) is 2.35. The SMILES string of the molecule is O=C(Cc1ccccc1)OC1CCOC1=O. The number of ether oxygens (including phenoxy) is 2. The summed E-state index contributed by atoms with van der Waals surface area (Å²) in [5, 5.41) is 0. The van der Waals surface area contributed by atoms with Gasteiger partial charge in [0.15, 0.2) is 0 Å². The van der Waals surface area contributed by atoms with Gasteiger partial charge in [-0.2, -0.15) is 0 Å². The lowest BCUT2D eigenvalue weighted by Gasteiger charge is -2.07. The lowest BCUT2D eigenvalue weighted by molar-refractivity contribution is -0.159. The van der Waals surface area contributed by atoms with E-state index in [0.29, 0.717) is 13.0 Å². The molecule has 0 saturated carbocycles. The second-order valence-corrected chi connectivity index (χ2v) is 3.60. The predicted molar refractivity (Wildman–Crippen MR) is 55.6 cm³/mol. The Morgan fingerprint density at radius 3 is 2.75 bits per heavy atom. The third kappa shape index (κ3) is 2.59. The van der Waals surface area contributed by atoms with Gasteiger partial charge in [-0.15, -0.1) is 0 Å². The van der Waals surface area contributed by atoms with Crippen LogP contribution in [-0.4, -0.2) is 24.6 Å². The molecule has 4 nitrogen and oxygen atoms in total. The number of hydrogen-bond donors (Lipinski definition) is 0. The zero-order chi connectivity index (χ0) is 11.4. The maximum absolute atomic E-state index is 11.5. The standard InChI is InChI=1S/C12H12O4/c13-11(8-9-4-2-1-3-5-9)16-10-6-7-15-12(10)14/h1-5,10H,6-8H2. The number of benzene rings is 1. The van der Waals surface area contributed by atoms with Gasteiger partial charge >= 0.3 is 11.9 Å². The van der Waals surface area contributed by atoms with Gasteiger partial charge < -0.3 is 9.47 Å². The Balaban J connectivity index is 1.87. The minimum Gasteiger partial charge on any atom is -0.463 e. The highest BCUT2D eigenvalue weighted by molar-refractivity contribution is 5.81. The van der Waals surface area contributed by atoms with Gasteiger partial charge in [-0.05, 0) is 5.56 Å². The van der Waals surface area contributed by atoms with Crippen molar-refractivity contribution in [3.63, 3.8) is 0 Å². The highest BCUT2D eigenvalue weighted by Crippen LogP contribution is 2.11. The fourth-order valence-corrected chi connectivity index (χ4v) is 1.55. The lowest BCUT2D eigenvalue weighted by atomic mass is 10.1. The predicted octanol–water partition coefficient (Wildman–Crippen LogP) is 1.09. The van der Waals surface area contributed by atoms with Crippen molar-refractivity contribution in [2.45, 2.75) is 18.9 Å². The van der Waals surface area contributed by atoms with Crippen LogP contribution in [0.2, 0.25) is 0 Å². The molecule has 1 atom stereocenters. The van der Waals surface area contributed by atoms with Gasteiger partial charge in [-0.3, -0.25) is 4.79 Å². The Morgan fingerprint density at radius 1 is 1.38 bits per heavy atom.